The quantitative estimate of drug-likeness (QED) is 0.282. The lowest BCUT2D eigenvalue weighted by atomic mass is 10.0. The zero-order valence-corrected chi connectivity index (χ0v) is 18.6. The van der Waals surface area contributed by atoms with E-state index in [4.69, 9.17) is 9.84 Å². The number of carbonyl (C=O) groups is 2. The molecule has 0 heterocycles. The number of hydrogen-bond donors (Lipinski definition) is 2. The Hall–Kier alpha value is -3.28. The second-order valence-electron chi connectivity index (χ2n) is 7.40. The van der Waals surface area contributed by atoms with Gasteiger partial charge in [0.15, 0.2) is 0 Å². The van der Waals surface area contributed by atoms with Gasteiger partial charge in [0.2, 0.25) is 5.76 Å². The van der Waals surface area contributed by atoms with Crippen LogP contribution in [-0.4, -0.2) is 37.8 Å². The average molecular weight is 425 g/mol. The number of ether oxygens (including phenoxy) is 1. The van der Waals surface area contributed by atoms with Crippen molar-refractivity contribution in [3.05, 3.63) is 59.9 Å². The highest BCUT2D eigenvalue weighted by atomic mass is 16.5. The molecule has 2 aromatic carbocycles. The van der Waals surface area contributed by atoms with Crippen LogP contribution in [0.4, 0.5) is 10.5 Å². The minimum Gasteiger partial charge on any atom is -0.490 e. The van der Waals surface area contributed by atoms with Gasteiger partial charge in [-0.2, -0.15) is 0 Å². The van der Waals surface area contributed by atoms with Gasteiger partial charge in [0.25, 0.3) is 0 Å². The van der Waals surface area contributed by atoms with E-state index >= 15 is 0 Å². The summed E-state index contributed by atoms with van der Waals surface area (Å²) >= 11 is 0. The van der Waals surface area contributed by atoms with E-state index in [2.05, 4.69) is 12.2 Å². The number of methoxy groups -OCH3 is 1. The summed E-state index contributed by atoms with van der Waals surface area (Å²) in [7, 11) is 3.09. The van der Waals surface area contributed by atoms with Crippen LogP contribution in [0, 0.1) is 0 Å². The Balaban J connectivity index is 2.02. The van der Waals surface area contributed by atoms with E-state index in [1.54, 1.807) is 11.9 Å². The molecule has 6 nitrogen and oxygen atoms in total. The van der Waals surface area contributed by atoms with E-state index in [-0.39, 0.29) is 11.8 Å². The summed E-state index contributed by atoms with van der Waals surface area (Å²) < 4.78 is 4.87. The van der Waals surface area contributed by atoms with Crippen LogP contribution >= 0.6 is 0 Å². The number of nitrogens with one attached hydrogen (secondary N) is 1. The number of nitrogens with zero attached hydrogens (tertiary/aromatic N) is 1. The van der Waals surface area contributed by atoms with E-state index in [9.17, 15) is 9.59 Å². The molecule has 0 aliphatic carbocycles. The summed E-state index contributed by atoms with van der Waals surface area (Å²) in [6.07, 6.45) is 7.27. The minimum atomic E-state index is -1.11. The lowest BCUT2D eigenvalue weighted by molar-refractivity contribution is -0.135. The first kappa shape index (κ1) is 24.0. The molecule has 6 heteroatoms. The smallest absolute Gasteiger partial charge is 0.371 e. The molecule has 0 aromatic heterocycles. The van der Waals surface area contributed by atoms with Gasteiger partial charge in [-0.1, -0.05) is 69.0 Å². The first-order valence-electron chi connectivity index (χ1n) is 10.7. The number of amides is 2. The molecule has 31 heavy (non-hydrogen) atoms. The highest BCUT2D eigenvalue weighted by Crippen LogP contribution is 2.25. The monoisotopic (exact) mass is 424 g/mol. The van der Waals surface area contributed by atoms with Gasteiger partial charge in [-0.3, -0.25) is 4.90 Å². The van der Waals surface area contributed by atoms with Crippen molar-refractivity contribution in [2.24, 2.45) is 0 Å². The van der Waals surface area contributed by atoms with Gasteiger partial charge in [0.1, 0.15) is 0 Å². The van der Waals surface area contributed by atoms with Gasteiger partial charge in [0, 0.05) is 19.3 Å². The third-order valence-electron chi connectivity index (χ3n) is 5.07. The molecule has 0 spiro atoms. The molecule has 0 bridgehead atoms. The topological polar surface area (TPSA) is 78.9 Å². The molecule has 2 aromatic rings. The molecular weight excluding hydrogens is 392 g/mol. The number of aliphatic carboxylic acids is 1. The second kappa shape index (κ2) is 12.4. The lowest BCUT2D eigenvalue weighted by Gasteiger charge is -2.19. The molecule has 0 saturated carbocycles. The van der Waals surface area contributed by atoms with Crippen molar-refractivity contribution < 1.29 is 19.4 Å². The van der Waals surface area contributed by atoms with E-state index in [1.807, 2.05) is 48.5 Å². The van der Waals surface area contributed by atoms with Crippen LogP contribution in [0.15, 0.2) is 54.3 Å². The SMILES string of the molecule is CCCCCCCNC(=O)N(C)c1cccc(-c2ccc(/C=C(/OC)C(=O)O)cc2)c1. The molecule has 0 aliphatic rings. The first-order valence-corrected chi connectivity index (χ1v) is 10.7. The third kappa shape index (κ3) is 7.48. The zero-order valence-electron chi connectivity index (χ0n) is 18.6. The predicted octanol–water partition coefficient (Wildman–Crippen LogP) is 5.54. The molecule has 2 rings (SSSR count). The molecule has 0 unspecified atom stereocenters. The van der Waals surface area contributed by atoms with Crippen molar-refractivity contribution >= 4 is 23.8 Å². The van der Waals surface area contributed by atoms with Crippen molar-refractivity contribution in [1.29, 1.82) is 0 Å². The Bertz CT molecular complexity index is 891. The van der Waals surface area contributed by atoms with Gasteiger partial charge < -0.3 is 15.2 Å². The molecule has 0 fully saturated rings. The number of rotatable bonds is 11. The summed E-state index contributed by atoms with van der Waals surface area (Å²) in [5, 5.41) is 12.0. The number of unbranched alkanes of at least 4 members (excludes halogenated alkanes) is 4. The van der Waals surface area contributed by atoms with Gasteiger partial charge >= 0.3 is 12.0 Å². The highest BCUT2D eigenvalue weighted by Gasteiger charge is 2.11. The fraction of sp³-hybridized carbons (Fsp3) is 0.360. The number of carboxylic acid groups (broad SMARTS) is 1. The van der Waals surface area contributed by atoms with Crippen LogP contribution in [0.1, 0.15) is 44.6 Å². The normalized spacial score (nSPS) is 11.1. The molecular formula is C25H32N2O4. The Kier molecular flexibility index (Phi) is 9.62. The number of hydrogen-bond acceptors (Lipinski definition) is 3. The Labute approximate surface area is 184 Å². The molecule has 0 saturated heterocycles. The van der Waals surface area contributed by atoms with Gasteiger partial charge in [-0.15, -0.1) is 0 Å². The largest absolute Gasteiger partial charge is 0.490 e. The molecule has 0 aliphatic heterocycles. The van der Waals surface area contributed by atoms with Crippen LogP contribution in [0.25, 0.3) is 17.2 Å². The Morgan fingerprint density at radius 1 is 1.03 bits per heavy atom. The fourth-order valence-electron chi connectivity index (χ4n) is 3.18. The highest BCUT2D eigenvalue weighted by molar-refractivity contribution is 5.92. The summed E-state index contributed by atoms with van der Waals surface area (Å²) in [5.41, 5.74) is 3.47. The summed E-state index contributed by atoms with van der Waals surface area (Å²) in [6.45, 7) is 2.87. The molecule has 2 N–H and O–H groups in total. The molecule has 2 amide bonds. The molecule has 166 valence electrons. The van der Waals surface area contributed by atoms with Crippen LogP contribution in [0.2, 0.25) is 0 Å². The van der Waals surface area contributed by atoms with E-state index in [1.165, 1.54) is 32.4 Å². The Morgan fingerprint density at radius 3 is 2.39 bits per heavy atom. The summed E-state index contributed by atoms with van der Waals surface area (Å²) in [6, 6.07) is 15.1. The summed E-state index contributed by atoms with van der Waals surface area (Å²) in [5.74, 6) is -1.23. The lowest BCUT2D eigenvalue weighted by Crippen LogP contribution is -2.37. The maximum atomic E-state index is 12.5. The van der Waals surface area contributed by atoms with E-state index in [0.29, 0.717) is 6.54 Å². The van der Waals surface area contributed by atoms with Gasteiger partial charge in [-0.25, -0.2) is 9.59 Å². The number of benzene rings is 2. The van der Waals surface area contributed by atoms with Crippen LogP contribution in [0.3, 0.4) is 0 Å². The maximum Gasteiger partial charge on any atom is 0.371 e. The average Bonchev–Trinajstić information content (AvgIpc) is 2.79. The van der Waals surface area contributed by atoms with Crippen molar-refractivity contribution in [3.8, 4) is 11.1 Å². The van der Waals surface area contributed by atoms with Crippen molar-refractivity contribution in [2.75, 3.05) is 25.6 Å². The van der Waals surface area contributed by atoms with Gasteiger partial charge in [0.05, 0.1) is 7.11 Å². The summed E-state index contributed by atoms with van der Waals surface area (Å²) in [4.78, 5) is 25.1. The third-order valence-corrected chi connectivity index (χ3v) is 5.07. The number of anilines is 1. The second-order valence-corrected chi connectivity index (χ2v) is 7.40. The standard InChI is InChI=1S/C25H32N2O4/c1-4-5-6-7-8-16-26-25(30)27(2)22-11-9-10-21(18-22)20-14-12-19(13-15-20)17-23(31-3)24(28)29/h9-15,17-18H,4-8,16H2,1-3H3,(H,26,30)(H,28,29)/b23-17+. The first-order chi connectivity index (χ1) is 15.0. The number of carbonyl (C=O) groups excluding carboxylic acids is 1. The van der Waals surface area contributed by atoms with Gasteiger partial charge in [-0.05, 0) is 41.3 Å². The van der Waals surface area contributed by atoms with Crippen molar-refractivity contribution in [1.82, 2.24) is 5.32 Å². The van der Waals surface area contributed by atoms with Crippen LogP contribution < -0.4 is 10.2 Å². The van der Waals surface area contributed by atoms with Crippen molar-refractivity contribution in [2.45, 2.75) is 39.0 Å². The number of carboxylic acids is 1. The Morgan fingerprint density at radius 2 is 1.74 bits per heavy atom. The molecule has 0 atom stereocenters. The molecule has 0 radical (unpaired) electrons. The fourth-order valence-corrected chi connectivity index (χ4v) is 3.18. The van der Waals surface area contributed by atoms with Crippen molar-refractivity contribution in [3.63, 3.8) is 0 Å². The van der Waals surface area contributed by atoms with Crippen LogP contribution in [-0.2, 0) is 9.53 Å². The van der Waals surface area contributed by atoms with E-state index in [0.717, 1.165) is 35.2 Å². The predicted molar refractivity (Wildman–Crippen MR) is 125 cm³/mol. The van der Waals surface area contributed by atoms with Crippen LogP contribution in [0.5, 0.6) is 0 Å². The maximum absolute atomic E-state index is 12.5. The minimum absolute atomic E-state index is 0.117. The van der Waals surface area contributed by atoms with E-state index < -0.39 is 5.97 Å². The zero-order chi connectivity index (χ0) is 22.6. The number of urea groups is 1.